The fraction of sp³-hybridized carbons (Fsp3) is 0.267. The standard InChI is InChI=1S/C15H16O2/c1-4-6-11-7-5-8-12-9-13(10-16)15(2,3)17-14(11)12/h4-5,7-10H,1,6H2,2-3H3. The van der Waals surface area contributed by atoms with Crippen molar-refractivity contribution in [2.45, 2.75) is 25.9 Å². The van der Waals surface area contributed by atoms with Gasteiger partial charge >= 0.3 is 0 Å². The third-order valence-electron chi connectivity index (χ3n) is 2.98. The number of benzene rings is 1. The molecule has 0 unspecified atom stereocenters. The van der Waals surface area contributed by atoms with Gasteiger partial charge in [0.25, 0.3) is 0 Å². The van der Waals surface area contributed by atoms with Crippen LogP contribution in [0.1, 0.15) is 25.0 Å². The van der Waals surface area contributed by atoms with Crippen LogP contribution in [0, 0.1) is 0 Å². The molecule has 0 bridgehead atoms. The van der Waals surface area contributed by atoms with Crippen LogP contribution in [-0.2, 0) is 11.2 Å². The minimum atomic E-state index is -0.563. The van der Waals surface area contributed by atoms with Crippen LogP contribution in [0.25, 0.3) is 6.08 Å². The molecular formula is C15H16O2. The minimum Gasteiger partial charge on any atom is -0.482 e. The van der Waals surface area contributed by atoms with E-state index in [9.17, 15) is 4.79 Å². The Morgan fingerprint density at radius 1 is 1.41 bits per heavy atom. The Morgan fingerprint density at radius 2 is 2.18 bits per heavy atom. The zero-order valence-electron chi connectivity index (χ0n) is 10.2. The number of hydrogen-bond donors (Lipinski definition) is 0. The maximum atomic E-state index is 11.0. The first kappa shape index (κ1) is 11.6. The fourth-order valence-electron chi connectivity index (χ4n) is 1.99. The van der Waals surface area contributed by atoms with E-state index in [1.165, 1.54) is 0 Å². The molecule has 1 aliphatic rings. The normalized spacial score (nSPS) is 16.5. The summed E-state index contributed by atoms with van der Waals surface area (Å²) in [6.07, 6.45) is 5.38. The molecule has 0 amide bonds. The molecule has 0 N–H and O–H groups in total. The largest absolute Gasteiger partial charge is 0.482 e. The quantitative estimate of drug-likeness (QED) is 0.586. The van der Waals surface area contributed by atoms with Gasteiger partial charge in [0.2, 0.25) is 0 Å². The lowest BCUT2D eigenvalue weighted by Gasteiger charge is -2.32. The number of rotatable bonds is 3. The van der Waals surface area contributed by atoms with E-state index in [4.69, 9.17) is 4.74 Å². The van der Waals surface area contributed by atoms with Crippen LogP contribution in [-0.4, -0.2) is 11.9 Å². The molecule has 0 aromatic heterocycles. The van der Waals surface area contributed by atoms with Crippen molar-refractivity contribution in [2.75, 3.05) is 0 Å². The second-order valence-electron chi connectivity index (χ2n) is 4.66. The lowest BCUT2D eigenvalue weighted by Crippen LogP contribution is -2.34. The maximum Gasteiger partial charge on any atom is 0.150 e. The van der Waals surface area contributed by atoms with E-state index in [-0.39, 0.29) is 0 Å². The lowest BCUT2D eigenvalue weighted by molar-refractivity contribution is -0.106. The average molecular weight is 228 g/mol. The van der Waals surface area contributed by atoms with E-state index < -0.39 is 5.60 Å². The van der Waals surface area contributed by atoms with Crippen molar-refractivity contribution in [2.24, 2.45) is 0 Å². The molecule has 0 fully saturated rings. The van der Waals surface area contributed by atoms with Gasteiger partial charge in [-0.2, -0.15) is 0 Å². The highest BCUT2D eigenvalue weighted by molar-refractivity contribution is 5.87. The van der Waals surface area contributed by atoms with Crippen LogP contribution in [0.4, 0.5) is 0 Å². The smallest absolute Gasteiger partial charge is 0.150 e. The molecule has 88 valence electrons. The summed E-state index contributed by atoms with van der Waals surface area (Å²) in [5.74, 6) is 0.864. The summed E-state index contributed by atoms with van der Waals surface area (Å²) >= 11 is 0. The summed E-state index contributed by atoms with van der Waals surface area (Å²) in [6.45, 7) is 7.55. The van der Waals surface area contributed by atoms with E-state index in [1.54, 1.807) is 0 Å². The Hall–Kier alpha value is -1.83. The molecule has 0 spiro atoms. The Labute approximate surface area is 102 Å². The highest BCUT2D eigenvalue weighted by Crippen LogP contribution is 2.37. The summed E-state index contributed by atoms with van der Waals surface area (Å²) in [5.41, 5.74) is 2.17. The lowest BCUT2D eigenvalue weighted by atomic mass is 9.92. The van der Waals surface area contributed by atoms with E-state index in [0.29, 0.717) is 5.57 Å². The predicted molar refractivity (Wildman–Crippen MR) is 69.1 cm³/mol. The predicted octanol–water partition coefficient (Wildman–Crippen LogP) is 3.17. The molecule has 0 radical (unpaired) electrons. The molecule has 2 rings (SSSR count). The van der Waals surface area contributed by atoms with Gasteiger partial charge in [0.15, 0.2) is 0 Å². The van der Waals surface area contributed by atoms with Gasteiger partial charge in [-0.25, -0.2) is 0 Å². The molecule has 1 aromatic rings. The van der Waals surface area contributed by atoms with Gasteiger partial charge in [-0.05, 0) is 31.9 Å². The number of hydrogen-bond acceptors (Lipinski definition) is 2. The molecule has 0 atom stereocenters. The fourth-order valence-corrected chi connectivity index (χ4v) is 1.99. The number of aldehydes is 1. The minimum absolute atomic E-state index is 0.563. The van der Waals surface area contributed by atoms with Gasteiger partial charge in [-0.3, -0.25) is 4.79 Å². The zero-order chi connectivity index (χ0) is 12.5. The molecule has 17 heavy (non-hydrogen) atoms. The third-order valence-corrected chi connectivity index (χ3v) is 2.98. The highest BCUT2D eigenvalue weighted by atomic mass is 16.5. The first-order valence-corrected chi connectivity index (χ1v) is 5.67. The molecule has 1 aliphatic heterocycles. The van der Waals surface area contributed by atoms with Gasteiger partial charge in [0.05, 0.1) is 0 Å². The number of fused-ring (bicyclic) bond motifs is 1. The van der Waals surface area contributed by atoms with E-state index >= 15 is 0 Å². The van der Waals surface area contributed by atoms with Gasteiger partial charge in [0.1, 0.15) is 17.6 Å². The SMILES string of the molecule is C=CCc1cccc2c1OC(C)(C)C(C=O)=C2. The zero-order valence-corrected chi connectivity index (χ0v) is 10.2. The Balaban J connectivity index is 2.56. The van der Waals surface area contributed by atoms with Gasteiger partial charge in [-0.1, -0.05) is 24.3 Å². The second-order valence-corrected chi connectivity index (χ2v) is 4.66. The van der Waals surface area contributed by atoms with Crippen LogP contribution in [0.5, 0.6) is 5.75 Å². The maximum absolute atomic E-state index is 11.0. The summed E-state index contributed by atoms with van der Waals surface area (Å²) in [5, 5.41) is 0. The first-order valence-electron chi connectivity index (χ1n) is 5.67. The van der Waals surface area contributed by atoms with Crippen molar-refractivity contribution >= 4 is 12.4 Å². The van der Waals surface area contributed by atoms with Crippen LogP contribution in [0.15, 0.2) is 36.4 Å². The summed E-state index contributed by atoms with van der Waals surface area (Å²) in [6, 6.07) is 5.95. The van der Waals surface area contributed by atoms with Crippen molar-refractivity contribution in [1.29, 1.82) is 0 Å². The molecular weight excluding hydrogens is 212 g/mol. The van der Waals surface area contributed by atoms with Crippen molar-refractivity contribution in [1.82, 2.24) is 0 Å². The number of carbonyl (C=O) groups excluding carboxylic acids is 1. The van der Waals surface area contributed by atoms with Crippen molar-refractivity contribution < 1.29 is 9.53 Å². The Morgan fingerprint density at radius 3 is 2.82 bits per heavy atom. The number of ether oxygens (including phenoxy) is 1. The monoisotopic (exact) mass is 228 g/mol. The third kappa shape index (κ3) is 2.03. The van der Waals surface area contributed by atoms with E-state index in [1.807, 2.05) is 44.2 Å². The van der Waals surface area contributed by atoms with Gasteiger partial charge in [0, 0.05) is 11.1 Å². The van der Waals surface area contributed by atoms with E-state index in [0.717, 1.165) is 29.6 Å². The Bertz CT molecular complexity index is 496. The summed E-state index contributed by atoms with van der Waals surface area (Å²) in [4.78, 5) is 11.0. The molecule has 0 aliphatic carbocycles. The van der Waals surface area contributed by atoms with Crippen LogP contribution < -0.4 is 4.74 Å². The Kier molecular flexibility index (Phi) is 2.88. The molecule has 0 saturated heterocycles. The van der Waals surface area contributed by atoms with Crippen molar-refractivity contribution in [3.05, 3.63) is 47.6 Å². The second kappa shape index (κ2) is 4.21. The molecule has 0 saturated carbocycles. The average Bonchev–Trinajstić information content (AvgIpc) is 2.28. The van der Waals surface area contributed by atoms with Gasteiger partial charge < -0.3 is 4.74 Å². The number of carbonyl (C=O) groups is 1. The van der Waals surface area contributed by atoms with Crippen LogP contribution in [0.3, 0.4) is 0 Å². The first-order chi connectivity index (χ1) is 8.08. The van der Waals surface area contributed by atoms with E-state index in [2.05, 4.69) is 6.58 Å². The highest BCUT2D eigenvalue weighted by Gasteiger charge is 2.30. The summed E-state index contributed by atoms with van der Waals surface area (Å²) in [7, 11) is 0. The van der Waals surface area contributed by atoms with Crippen LogP contribution >= 0.6 is 0 Å². The number of allylic oxidation sites excluding steroid dienone is 1. The number of para-hydroxylation sites is 1. The molecule has 1 aromatic carbocycles. The summed E-state index contributed by atoms with van der Waals surface area (Å²) < 4.78 is 5.96. The molecule has 1 heterocycles. The molecule has 2 nitrogen and oxygen atoms in total. The van der Waals surface area contributed by atoms with Crippen molar-refractivity contribution in [3.8, 4) is 5.75 Å². The van der Waals surface area contributed by atoms with Gasteiger partial charge in [-0.15, -0.1) is 6.58 Å². The molecule has 2 heteroatoms. The topological polar surface area (TPSA) is 26.3 Å². The van der Waals surface area contributed by atoms with Crippen LogP contribution in [0.2, 0.25) is 0 Å². The van der Waals surface area contributed by atoms with Crippen molar-refractivity contribution in [3.63, 3.8) is 0 Å².